The number of benzene rings is 1. The van der Waals surface area contributed by atoms with E-state index in [9.17, 15) is 0 Å². The molecule has 0 atom stereocenters. The van der Waals surface area contributed by atoms with Crippen molar-refractivity contribution in [2.75, 3.05) is 5.73 Å². The number of nitrogens with two attached hydrogens (primary N) is 1. The van der Waals surface area contributed by atoms with E-state index in [2.05, 4.69) is 25.9 Å². The molecular formula is C11H10BrN3. The normalized spacial score (nSPS) is 10.3. The van der Waals surface area contributed by atoms with Crippen LogP contribution in [0.3, 0.4) is 0 Å². The first-order valence-electron chi connectivity index (χ1n) is 4.52. The van der Waals surface area contributed by atoms with E-state index in [-0.39, 0.29) is 0 Å². The van der Waals surface area contributed by atoms with Gasteiger partial charge < -0.3 is 5.73 Å². The molecule has 0 amide bonds. The Balaban J connectivity index is 2.54. The number of nitrogens with zero attached hydrogens (tertiary/aromatic N) is 2. The molecule has 2 rings (SSSR count). The first kappa shape index (κ1) is 10.1. The van der Waals surface area contributed by atoms with E-state index < -0.39 is 0 Å². The topological polar surface area (TPSA) is 51.8 Å². The van der Waals surface area contributed by atoms with E-state index in [4.69, 9.17) is 5.73 Å². The zero-order chi connectivity index (χ0) is 10.8. The Morgan fingerprint density at radius 2 is 2.13 bits per heavy atom. The van der Waals surface area contributed by atoms with Crippen molar-refractivity contribution >= 4 is 21.7 Å². The molecule has 0 aliphatic heterocycles. The van der Waals surface area contributed by atoms with Crippen LogP contribution in [0.2, 0.25) is 0 Å². The molecule has 1 aromatic carbocycles. The number of rotatable bonds is 1. The summed E-state index contributed by atoms with van der Waals surface area (Å²) < 4.78 is 1.01. The van der Waals surface area contributed by atoms with E-state index in [1.807, 2.05) is 31.2 Å². The van der Waals surface area contributed by atoms with Crippen molar-refractivity contribution in [2.45, 2.75) is 6.92 Å². The molecular weight excluding hydrogens is 254 g/mol. The minimum atomic E-state index is 0.514. The van der Waals surface area contributed by atoms with Gasteiger partial charge in [0, 0.05) is 16.2 Å². The van der Waals surface area contributed by atoms with Crippen LogP contribution in [0.4, 0.5) is 5.82 Å². The van der Waals surface area contributed by atoms with Crippen LogP contribution in [-0.2, 0) is 0 Å². The van der Waals surface area contributed by atoms with Crippen molar-refractivity contribution in [3.63, 3.8) is 0 Å². The number of aryl methyl sites for hydroxylation is 1. The number of aromatic nitrogens is 2. The van der Waals surface area contributed by atoms with E-state index in [0.717, 1.165) is 15.6 Å². The number of hydrogen-bond donors (Lipinski definition) is 1. The second kappa shape index (κ2) is 3.98. The summed E-state index contributed by atoms with van der Waals surface area (Å²) in [6.07, 6.45) is 1.75. The molecule has 0 fully saturated rings. The van der Waals surface area contributed by atoms with Crippen molar-refractivity contribution < 1.29 is 0 Å². The van der Waals surface area contributed by atoms with E-state index in [1.165, 1.54) is 0 Å². The maximum Gasteiger partial charge on any atom is 0.135 e. The van der Waals surface area contributed by atoms with Crippen molar-refractivity contribution in [2.24, 2.45) is 0 Å². The van der Waals surface area contributed by atoms with Gasteiger partial charge in [-0.05, 0) is 24.6 Å². The molecule has 76 valence electrons. The number of halogens is 1. The smallest absolute Gasteiger partial charge is 0.135 e. The third-order valence-electron chi connectivity index (χ3n) is 2.07. The van der Waals surface area contributed by atoms with Gasteiger partial charge in [-0.2, -0.15) is 0 Å². The highest BCUT2D eigenvalue weighted by Crippen LogP contribution is 2.25. The van der Waals surface area contributed by atoms with Gasteiger partial charge in [-0.3, -0.25) is 0 Å². The lowest BCUT2D eigenvalue weighted by molar-refractivity contribution is 1.06. The highest BCUT2D eigenvalue weighted by Gasteiger charge is 2.04. The zero-order valence-electron chi connectivity index (χ0n) is 8.24. The SMILES string of the molecule is Cc1ncc(-c2cccc(Br)c2)c(N)n1. The number of nitrogen functional groups attached to an aromatic ring is 1. The summed E-state index contributed by atoms with van der Waals surface area (Å²) in [4.78, 5) is 8.27. The first-order valence-corrected chi connectivity index (χ1v) is 5.31. The van der Waals surface area contributed by atoms with Crippen LogP contribution in [0, 0.1) is 6.92 Å². The fourth-order valence-corrected chi connectivity index (χ4v) is 1.77. The van der Waals surface area contributed by atoms with Crippen molar-refractivity contribution in [1.82, 2.24) is 9.97 Å². The molecule has 2 N–H and O–H groups in total. The Morgan fingerprint density at radius 3 is 2.80 bits per heavy atom. The Labute approximate surface area is 96.5 Å². The van der Waals surface area contributed by atoms with Gasteiger partial charge in [-0.25, -0.2) is 9.97 Å². The van der Waals surface area contributed by atoms with Crippen LogP contribution in [0.25, 0.3) is 11.1 Å². The molecule has 2 aromatic rings. The molecule has 4 heteroatoms. The molecule has 0 saturated carbocycles. The van der Waals surface area contributed by atoms with Gasteiger partial charge in [-0.1, -0.05) is 28.1 Å². The molecule has 0 saturated heterocycles. The monoisotopic (exact) mass is 263 g/mol. The second-order valence-electron chi connectivity index (χ2n) is 3.23. The van der Waals surface area contributed by atoms with E-state index in [1.54, 1.807) is 6.20 Å². The molecule has 0 spiro atoms. The van der Waals surface area contributed by atoms with Crippen LogP contribution in [-0.4, -0.2) is 9.97 Å². The van der Waals surface area contributed by atoms with E-state index in [0.29, 0.717) is 11.6 Å². The number of anilines is 1. The summed E-state index contributed by atoms with van der Waals surface area (Å²) in [5, 5.41) is 0. The third-order valence-corrected chi connectivity index (χ3v) is 2.57. The second-order valence-corrected chi connectivity index (χ2v) is 4.14. The molecule has 0 unspecified atom stereocenters. The largest absolute Gasteiger partial charge is 0.383 e. The van der Waals surface area contributed by atoms with Crippen molar-refractivity contribution in [1.29, 1.82) is 0 Å². The average molecular weight is 264 g/mol. The predicted molar refractivity (Wildman–Crippen MR) is 64.3 cm³/mol. The zero-order valence-corrected chi connectivity index (χ0v) is 9.82. The molecule has 0 radical (unpaired) electrons. The molecule has 0 bridgehead atoms. The molecule has 3 nitrogen and oxygen atoms in total. The Kier molecular flexibility index (Phi) is 2.68. The van der Waals surface area contributed by atoms with Crippen LogP contribution >= 0.6 is 15.9 Å². The standard InChI is InChI=1S/C11H10BrN3/c1-7-14-6-10(11(13)15-7)8-3-2-4-9(12)5-8/h2-6H,1H3,(H2,13,14,15). The Hall–Kier alpha value is -1.42. The third kappa shape index (κ3) is 2.15. The molecule has 1 heterocycles. The van der Waals surface area contributed by atoms with Gasteiger partial charge >= 0.3 is 0 Å². The average Bonchev–Trinajstić information content (AvgIpc) is 2.17. The predicted octanol–water partition coefficient (Wildman–Crippen LogP) is 2.80. The summed E-state index contributed by atoms with van der Waals surface area (Å²) in [7, 11) is 0. The summed E-state index contributed by atoms with van der Waals surface area (Å²) >= 11 is 3.42. The molecule has 1 aromatic heterocycles. The highest BCUT2D eigenvalue weighted by atomic mass is 79.9. The molecule has 0 aliphatic carbocycles. The summed E-state index contributed by atoms with van der Waals surface area (Å²) in [5.41, 5.74) is 7.72. The van der Waals surface area contributed by atoms with Gasteiger partial charge in [0.05, 0.1) is 0 Å². The van der Waals surface area contributed by atoms with Crippen molar-refractivity contribution in [3.05, 3.63) is 40.8 Å². The van der Waals surface area contributed by atoms with Gasteiger partial charge in [0.2, 0.25) is 0 Å². The Morgan fingerprint density at radius 1 is 1.33 bits per heavy atom. The van der Waals surface area contributed by atoms with Gasteiger partial charge in [0.15, 0.2) is 0 Å². The van der Waals surface area contributed by atoms with Crippen LogP contribution in [0.1, 0.15) is 5.82 Å². The van der Waals surface area contributed by atoms with Crippen LogP contribution in [0.15, 0.2) is 34.9 Å². The summed E-state index contributed by atoms with van der Waals surface area (Å²) in [6.45, 7) is 1.82. The highest BCUT2D eigenvalue weighted by molar-refractivity contribution is 9.10. The lowest BCUT2D eigenvalue weighted by atomic mass is 10.1. The fraction of sp³-hybridized carbons (Fsp3) is 0.0909. The van der Waals surface area contributed by atoms with Crippen LogP contribution in [0.5, 0.6) is 0 Å². The number of hydrogen-bond acceptors (Lipinski definition) is 3. The molecule has 0 aliphatic rings. The lowest BCUT2D eigenvalue weighted by Crippen LogP contribution is -1.98. The van der Waals surface area contributed by atoms with Gasteiger partial charge in [-0.15, -0.1) is 0 Å². The Bertz CT molecular complexity index is 497. The minimum absolute atomic E-state index is 0.514. The summed E-state index contributed by atoms with van der Waals surface area (Å²) in [5.74, 6) is 1.20. The quantitative estimate of drug-likeness (QED) is 0.861. The minimum Gasteiger partial charge on any atom is -0.383 e. The fourth-order valence-electron chi connectivity index (χ4n) is 1.37. The van der Waals surface area contributed by atoms with Crippen LogP contribution < -0.4 is 5.73 Å². The molecule has 15 heavy (non-hydrogen) atoms. The van der Waals surface area contributed by atoms with Gasteiger partial charge in [0.1, 0.15) is 11.6 Å². The lowest BCUT2D eigenvalue weighted by Gasteiger charge is -2.05. The van der Waals surface area contributed by atoms with Gasteiger partial charge in [0.25, 0.3) is 0 Å². The maximum absolute atomic E-state index is 5.84. The van der Waals surface area contributed by atoms with E-state index >= 15 is 0 Å². The summed E-state index contributed by atoms with van der Waals surface area (Å²) in [6, 6.07) is 7.90. The maximum atomic E-state index is 5.84. The first-order chi connectivity index (χ1) is 7.16. The van der Waals surface area contributed by atoms with Crippen molar-refractivity contribution in [3.8, 4) is 11.1 Å².